The van der Waals surface area contributed by atoms with Crippen molar-refractivity contribution in [2.45, 2.75) is 48.6 Å². The van der Waals surface area contributed by atoms with Gasteiger partial charge >= 0.3 is 11.8 Å². The maximum Gasteiger partial charge on any atom is 0.370 e. The molecule has 10 N–H and O–H groups in total. The predicted molar refractivity (Wildman–Crippen MR) is 68.5 cm³/mol. The highest BCUT2D eigenvalue weighted by atomic mass is 16.7. The molecule has 0 spiro atoms. The molecule has 0 radical (unpaired) electrons. The summed E-state index contributed by atoms with van der Waals surface area (Å²) in [5.41, 5.74) is 0. The number of nitrogens with one attached hydrogen (secondary N) is 1. The zero-order valence-electron chi connectivity index (χ0n) is 12.3. The van der Waals surface area contributed by atoms with Crippen LogP contribution in [0.15, 0.2) is 0 Å². The third-order valence-corrected chi connectivity index (χ3v) is 3.62. The second-order valence-electron chi connectivity index (χ2n) is 5.35. The Morgan fingerprint density at radius 1 is 1.17 bits per heavy atom. The van der Waals surface area contributed by atoms with Crippen molar-refractivity contribution in [1.82, 2.24) is 5.32 Å². The third-order valence-electron chi connectivity index (χ3n) is 3.62. The first-order valence-corrected chi connectivity index (χ1v) is 6.51. The van der Waals surface area contributed by atoms with Gasteiger partial charge in [-0.3, -0.25) is 4.79 Å². The van der Waals surface area contributed by atoms with E-state index in [1.54, 1.807) is 5.32 Å². The van der Waals surface area contributed by atoms with Gasteiger partial charge in [0.15, 0.2) is 0 Å². The summed E-state index contributed by atoms with van der Waals surface area (Å²) in [6.07, 6.45) is -6.57. The van der Waals surface area contributed by atoms with E-state index in [0.717, 1.165) is 6.92 Å². The molecule has 1 aliphatic rings. The molecule has 140 valence electrons. The van der Waals surface area contributed by atoms with E-state index in [9.17, 15) is 45.3 Å². The summed E-state index contributed by atoms with van der Waals surface area (Å²) < 4.78 is 4.48. The van der Waals surface area contributed by atoms with Crippen molar-refractivity contribution in [2.75, 3.05) is 6.61 Å². The van der Waals surface area contributed by atoms with Gasteiger partial charge in [0, 0.05) is 6.92 Å². The van der Waals surface area contributed by atoms with E-state index in [4.69, 9.17) is 10.2 Å². The molecule has 13 nitrogen and oxygen atoms in total. The van der Waals surface area contributed by atoms with Crippen LogP contribution in [0.3, 0.4) is 0 Å². The summed E-state index contributed by atoms with van der Waals surface area (Å²) in [5, 5.41) is 88.0. The van der Waals surface area contributed by atoms with Gasteiger partial charge in [0.25, 0.3) is 5.79 Å². The van der Waals surface area contributed by atoms with Gasteiger partial charge in [0.05, 0.1) is 6.61 Å². The number of aliphatic hydroxyl groups excluding tert-OH is 3. The minimum Gasteiger partial charge on any atom is -0.477 e. The number of carbonyl (C=O) groups is 2. The molecule has 1 unspecified atom stereocenters. The molecule has 0 saturated carbocycles. The van der Waals surface area contributed by atoms with E-state index < -0.39 is 60.2 Å². The number of amides is 1. The Balaban J connectivity index is 3.48. The van der Waals surface area contributed by atoms with Crippen molar-refractivity contribution in [3.63, 3.8) is 0 Å². The van der Waals surface area contributed by atoms with Crippen LogP contribution in [-0.4, -0.2) is 106 Å². The molecule has 0 aromatic rings. The summed E-state index contributed by atoms with van der Waals surface area (Å²) in [7, 11) is 0. The Kier molecular flexibility index (Phi) is 5.56. The van der Waals surface area contributed by atoms with Crippen LogP contribution in [0.1, 0.15) is 6.92 Å². The van der Waals surface area contributed by atoms with Crippen LogP contribution in [0, 0.1) is 0 Å². The highest BCUT2D eigenvalue weighted by Crippen LogP contribution is 2.41. The van der Waals surface area contributed by atoms with E-state index >= 15 is 0 Å². The van der Waals surface area contributed by atoms with Gasteiger partial charge in [-0.05, 0) is 0 Å². The molecule has 0 bridgehead atoms. The molecule has 5 atom stereocenters. The van der Waals surface area contributed by atoms with Gasteiger partial charge in [-0.1, -0.05) is 0 Å². The van der Waals surface area contributed by atoms with E-state index in [-0.39, 0.29) is 0 Å². The quantitative estimate of drug-likeness (QED) is 0.207. The van der Waals surface area contributed by atoms with Crippen LogP contribution in [0.25, 0.3) is 0 Å². The standard InChI is InChI=1S/C11H19NO12/c1-3(14)12-7-6(5(16)4(15)2-13)24-10(21,8(17)18)11(22,23)9(7,19)20/h4-7,13,15-16,19-23H,2H2,1H3,(H,12,14)(H,17,18)/t4-,5?,6+,7+,10+/m1/s1. The summed E-state index contributed by atoms with van der Waals surface area (Å²) in [6, 6.07) is -2.32. The van der Waals surface area contributed by atoms with Crippen molar-refractivity contribution in [3.8, 4) is 0 Å². The number of hydrogen-bond donors (Lipinski definition) is 10. The monoisotopic (exact) mass is 357 g/mol. The summed E-state index contributed by atoms with van der Waals surface area (Å²) in [5.74, 6) is -15.8. The van der Waals surface area contributed by atoms with Gasteiger partial charge in [-0.25, -0.2) is 4.79 Å². The van der Waals surface area contributed by atoms with Gasteiger partial charge in [0.2, 0.25) is 11.7 Å². The Hall–Kier alpha value is -1.42. The molecule has 1 saturated heterocycles. The van der Waals surface area contributed by atoms with Gasteiger partial charge < -0.3 is 56.0 Å². The first-order valence-electron chi connectivity index (χ1n) is 6.51. The van der Waals surface area contributed by atoms with Crippen molar-refractivity contribution in [3.05, 3.63) is 0 Å². The van der Waals surface area contributed by atoms with Crippen molar-refractivity contribution >= 4 is 11.9 Å². The van der Waals surface area contributed by atoms with Crippen LogP contribution in [0.5, 0.6) is 0 Å². The summed E-state index contributed by atoms with van der Waals surface area (Å²) >= 11 is 0. The van der Waals surface area contributed by atoms with Crippen molar-refractivity contribution < 1.29 is 60.3 Å². The number of rotatable bonds is 5. The molecule has 1 amide bonds. The van der Waals surface area contributed by atoms with Crippen LogP contribution in [0.4, 0.5) is 0 Å². The molecule has 13 heteroatoms. The molecule has 1 heterocycles. The normalized spacial score (nSPS) is 34.2. The van der Waals surface area contributed by atoms with E-state index in [1.807, 2.05) is 0 Å². The molecule has 0 aromatic heterocycles. The molecular weight excluding hydrogens is 338 g/mol. The first kappa shape index (κ1) is 20.6. The second-order valence-corrected chi connectivity index (χ2v) is 5.35. The van der Waals surface area contributed by atoms with Gasteiger partial charge in [0.1, 0.15) is 24.4 Å². The van der Waals surface area contributed by atoms with Crippen LogP contribution in [-0.2, 0) is 14.3 Å². The average molecular weight is 357 g/mol. The SMILES string of the molecule is CC(=O)N[C@H]1[C@H](C(O)[C@H](O)CO)O[C@@](O)(C(=O)O)C(O)(O)C1(O)O. The highest BCUT2D eigenvalue weighted by molar-refractivity contribution is 5.78. The fraction of sp³-hybridized carbons (Fsp3) is 0.818. The lowest BCUT2D eigenvalue weighted by atomic mass is 9.81. The molecule has 24 heavy (non-hydrogen) atoms. The minimum absolute atomic E-state index is 0.858. The average Bonchev–Trinajstić information content (AvgIpc) is 2.46. The molecule has 0 aliphatic carbocycles. The molecular formula is C11H19NO12. The zero-order valence-corrected chi connectivity index (χ0v) is 12.3. The predicted octanol–water partition coefficient (Wildman–Crippen LogP) is -6.26. The van der Waals surface area contributed by atoms with Crippen LogP contribution < -0.4 is 5.32 Å². The fourth-order valence-electron chi connectivity index (χ4n) is 2.24. The minimum atomic E-state index is -4.26. The van der Waals surface area contributed by atoms with Crippen LogP contribution >= 0.6 is 0 Å². The Bertz CT molecular complexity index is 507. The maximum atomic E-state index is 11.2. The van der Waals surface area contributed by atoms with E-state index in [0.29, 0.717) is 0 Å². The van der Waals surface area contributed by atoms with E-state index in [1.165, 1.54) is 0 Å². The maximum absolute atomic E-state index is 11.2. The molecule has 1 aliphatic heterocycles. The zero-order chi connectivity index (χ0) is 19.1. The fourth-order valence-corrected chi connectivity index (χ4v) is 2.24. The lowest BCUT2D eigenvalue weighted by molar-refractivity contribution is -0.492. The second kappa shape index (κ2) is 6.47. The smallest absolute Gasteiger partial charge is 0.370 e. The summed E-state index contributed by atoms with van der Waals surface area (Å²) in [6.45, 7) is -0.233. The third kappa shape index (κ3) is 2.97. The number of ether oxygens (including phenoxy) is 1. The lowest BCUT2D eigenvalue weighted by Crippen LogP contribution is -2.85. The lowest BCUT2D eigenvalue weighted by Gasteiger charge is -2.54. The molecule has 0 aromatic carbocycles. The summed E-state index contributed by atoms with van der Waals surface area (Å²) in [4.78, 5) is 22.3. The number of hydrogen-bond acceptors (Lipinski definition) is 11. The number of carboxylic acids is 1. The highest BCUT2D eigenvalue weighted by Gasteiger charge is 2.76. The molecule has 1 rings (SSSR count). The number of aliphatic carboxylic acids is 1. The van der Waals surface area contributed by atoms with Gasteiger partial charge in [-0.15, -0.1) is 0 Å². The molecule has 1 fully saturated rings. The van der Waals surface area contributed by atoms with E-state index in [2.05, 4.69) is 4.74 Å². The number of carbonyl (C=O) groups excluding carboxylic acids is 1. The first-order chi connectivity index (χ1) is 10.7. The Morgan fingerprint density at radius 3 is 2.04 bits per heavy atom. The topological polar surface area (TPSA) is 237 Å². The Morgan fingerprint density at radius 2 is 1.67 bits per heavy atom. The number of aliphatic hydroxyl groups is 8. The number of carboxylic acid groups (broad SMARTS) is 1. The van der Waals surface area contributed by atoms with Crippen molar-refractivity contribution in [1.29, 1.82) is 0 Å². The van der Waals surface area contributed by atoms with Gasteiger partial charge in [-0.2, -0.15) is 0 Å². The van der Waals surface area contributed by atoms with Crippen LogP contribution in [0.2, 0.25) is 0 Å². The van der Waals surface area contributed by atoms with Crippen molar-refractivity contribution in [2.24, 2.45) is 0 Å². The largest absolute Gasteiger partial charge is 0.477 e. The Labute approximate surface area is 134 Å².